The molecule has 3 aliphatic heterocycles. The van der Waals surface area contributed by atoms with Crippen molar-refractivity contribution in [1.82, 2.24) is 14.5 Å². The molecule has 1 saturated heterocycles. The fraction of sp³-hybridized carbons (Fsp3) is 0.688. The molecule has 5 heterocycles. The normalized spacial score (nSPS) is 43.4. The number of nitrogens with two attached hydrogens (primary N) is 1. The lowest BCUT2D eigenvalue weighted by Gasteiger charge is -2.20. The zero-order chi connectivity index (χ0) is 24.4. The number of aliphatic hydroxyl groups excluding tert-OH is 3. The van der Waals surface area contributed by atoms with Crippen LogP contribution in [0.4, 0.5) is 5.82 Å². The number of aromatic nitrogens is 4. The van der Waals surface area contributed by atoms with Crippen molar-refractivity contribution in [2.75, 3.05) is 18.9 Å². The summed E-state index contributed by atoms with van der Waals surface area (Å²) in [7, 11) is -10.2. The molecule has 4 aliphatic rings. The Morgan fingerprint density at radius 2 is 1.76 bits per heavy atom. The molecule has 0 aromatic carbocycles. The number of hydrogen-bond acceptors (Lipinski definition) is 12. The van der Waals surface area contributed by atoms with Gasteiger partial charge in [-0.2, -0.15) is 4.31 Å². The number of rotatable bonds is 0. The van der Waals surface area contributed by atoms with Crippen LogP contribution >= 0.6 is 15.6 Å². The lowest BCUT2D eigenvalue weighted by Crippen LogP contribution is -2.46. The highest BCUT2D eigenvalue weighted by Gasteiger charge is 2.47. The van der Waals surface area contributed by atoms with Gasteiger partial charge in [0, 0.05) is 0 Å². The van der Waals surface area contributed by atoms with E-state index in [0.717, 1.165) is 0 Å². The van der Waals surface area contributed by atoms with Crippen LogP contribution < -0.4 is 10.3 Å². The van der Waals surface area contributed by atoms with E-state index in [0.29, 0.717) is 0 Å². The van der Waals surface area contributed by atoms with Crippen molar-refractivity contribution < 1.29 is 56.9 Å². The molecule has 2 unspecified atom stereocenters. The van der Waals surface area contributed by atoms with Crippen LogP contribution in [0.15, 0.2) is 12.7 Å². The molecule has 8 bridgehead atoms. The van der Waals surface area contributed by atoms with E-state index in [1.807, 2.05) is 0 Å². The second-order valence-electron chi connectivity index (χ2n) is 8.49. The summed E-state index contributed by atoms with van der Waals surface area (Å²) in [5.74, 6) is -0.225. The number of imidazole rings is 1. The maximum Gasteiger partial charge on any atom is 0.481 e. The second-order valence-corrected chi connectivity index (χ2v) is 11.5. The second kappa shape index (κ2) is 8.54. The van der Waals surface area contributed by atoms with E-state index in [4.69, 9.17) is 19.5 Å². The predicted octanol–water partition coefficient (Wildman–Crippen LogP) is -1.50. The first-order valence-corrected chi connectivity index (χ1v) is 13.3. The van der Waals surface area contributed by atoms with E-state index in [1.165, 1.54) is 21.8 Å². The Hall–Kier alpha value is -1.55. The van der Waals surface area contributed by atoms with Gasteiger partial charge < -0.3 is 35.6 Å². The van der Waals surface area contributed by atoms with Gasteiger partial charge in [-0.15, -0.1) is 0 Å². The summed E-state index contributed by atoms with van der Waals surface area (Å²) in [6.45, 7) is -1.12. The van der Waals surface area contributed by atoms with Crippen LogP contribution in [0.1, 0.15) is 25.1 Å². The number of fused-ring (bicyclic) bond motifs is 7. The number of aliphatic hydroxyl groups is 3. The third-order valence-corrected chi connectivity index (χ3v) is 8.84. The summed E-state index contributed by atoms with van der Waals surface area (Å²) >= 11 is 0. The molecule has 6 rings (SSSR count). The summed E-state index contributed by atoms with van der Waals surface area (Å²) in [6.07, 6.45) is -3.29. The predicted molar refractivity (Wildman–Crippen MR) is 108 cm³/mol. The van der Waals surface area contributed by atoms with Gasteiger partial charge >= 0.3 is 15.6 Å². The number of nitrogen functional groups attached to an aromatic ring is 1. The van der Waals surface area contributed by atoms with Crippen molar-refractivity contribution in [1.29, 1.82) is 0 Å². The Kier molecular flexibility index (Phi) is 6.06. The first-order chi connectivity index (χ1) is 16.0. The van der Waals surface area contributed by atoms with Gasteiger partial charge in [-0.25, -0.2) is 18.7 Å². The highest BCUT2D eigenvalue weighted by Crippen LogP contribution is 2.61. The summed E-state index contributed by atoms with van der Waals surface area (Å²) in [4.78, 5) is 28.3. The first-order valence-electron chi connectivity index (χ1n) is 10.3. The van der Waals surface area contributed by atoms with Gasteiger partial charge in [0.15, 0.2) is 11.7 Å². The van der Waals surface area contributed by atoms with Gasteiger partial charge in [0.25, 0.3) is 5.82 Å². The molecular weight excluding hydrogens is 500 g/mol. The SMILES string of the molecule is Nc1c2ncn3c2nc[n+]1[C@@H]1C[C@H](COP(=O)(O)OP(=O)(O)OC[C@H]2O[C@@H]3[C@H](O)[C@@H]2O)C[C@H]1O. The van der Waals surface area contributed by atoms with Crippen LogP contribution in [0.3, 0.4) is 0 Å². The van der Waals surface area contributed by atoms with Crippen LogP contribution in [0.5, 0.6) is 0 Å². The zero-order valence-corrected chi connectivity index (χ0v) is 19.3. The third kappa shape index (κ3) is 4.29. The largest absolute Gasteiger partial charge is 0.481 e. The Morgan fingerprint density at radius 3 is 2.50 bits per heavy atom. The maximum atomic E-state index is 12.2. The molecule has 2 aromatic rings. The monoisotopic (exact) mass is 524 g/mol. The quantitative estimate of drug-likeness (QED) is 0.170. The minimum Gasteiger partial charge on any atom is -0.389 e. The van der Waals surface area contributed by atoms with E-state index < -0.39 is 64.9 Å². The molecule has 0 spiro atoms. The number of ether oxygens (including phenoxy) is 1. The summed E-state index contributed by atoms with van der Waals surface area (Å²) in [6, 6.07) is -0.555. The van der Waals surface area contributed by atoms with Crippen LogP contribution in [0.25, 0.3) is 11.2 Å². The Bertz CT molecular complexity index is 1200. The summed E-state index contributed by atoms with van der Waals surface area (Å²) in [5.41, 5.74) is 6.80. The van der Waals surface area contributed by atoms with Crippen molar-refractivity contribution in [3.63, 3.8) is 0 Å². The first kappa shape index (κ1) is 24.2. The lowest BCUT2D eigenvalue weighted by molar-refractivity contribution is -0.716. The van der Waals surface area contributed by atoms with Crippen LogP contribution in [-0.4, -0.2) is 77.3 Å². The number of phosphoric acid groups is 2. The highest BCUT2D eigenvalue weighted by atomic mass is 31.3. The van der Waals surface area contributed by atoms with E-state index in [9.17, 15) is 34.2 Å². The fourth-order valence-corrected chi connectivity index (χ4v) is 6.74. The molecule has 2 fully saturated rings. The van der Waals surface area contributed by atoms with E-state index in [2.05, 4.69) is 14.3 Å². The van der Waals surface area contributed by atoms with Crippen molar-refractivity contribution in [3.05, 3.63) is 12.7 Å². The molecule has 2 aromatic heterocycles. The number of phosphoric ester groups is 2. The third-order valence-electron chi connectivity index (χ3n) is 6.24. The molecule has 7 N–H and O–H groups in total. The molecule has 16 nitrogen and oxygen atoms in total. The standard InChI is InChI=1S/C16H23N5O11P2/c17-14-11-15-19-6-20(14)8-1-7(2-9(8)22)3-29-33(25,26)32-34(27,28)30-4-10-12(23)13(24)16(31-10)21(15)5-18-11/h5-10,12-13,16-17,22-24H,1-4H2,(H2,25,26,27,28)/p+1/t7-,8+,9+,10+,12+,13+,16+/m0/s1. The minimum atomic E-state index is -5.12. The molecular formula is C16H24N5O11P2+. The zero-order valence-electron chi connectivity index (χ0n) is 17.5. The van der Waals surface area contributed by atoms with Crippen LogP contribution in [0.2, 0.25) is 0 Å². The Labute approximate surface area is 191 Å². The van der Waals surface area contributed by atoms with E-state index in [1.54, 1.807) is 0 Å². The van der Waals surface area contributed by atoms with Gasteiger partial charge in [0.1, 0.15) is 30.7 Å². The van der Waals surface area contributed by atoms with Gasteiger partial charge in [-0.1, -0.05) is 4.98 Å². The van der Waals surface area contributed by atoms with Crippen molar-refractivity contribution in [2.45, 2.75) is 49.5 Å². The Morgan fingerprint density at radius 1 is 1.06 bits per heavy atom. The van der Waals surface area contributed by atoms with Crippen molar-refractivity contribution in [2.24, 2.45) is 5.92 Å². The Balaban J connectivity index is 1.55. The average Bonchev–Trinajstić information content (AvgIpc) is 3.41. The highest BCUT2D eigenvalue weighted by molar-refractivity contribution is 7.61. The topological polar surface area (TPSA) is 233 Å². The summed E-state index contributed by atoms with van der Waals surface area (Å²) in [5, 5.41) is 31.4. The van der Waals surface area contributed by atoms with Crippen molar-refractivity contribution in [3.8, 4) is 0 Å². The fourth-order valence-electron chi connectivity index (χ4n) is 4.58. The number of anilines is 1. The minimum absolute atomic E-state index is 0.181. The van der Waals surface area contributed by atoms with Gasteiger partial charge in [-0.05, 0) is 18.8 Å². The van der Waals surface area contributed by atoms with Gasteiger partial charge in [0.05, 0.1) is 19.3 Å². The average molecular weight is 524 g/mol. The van der Waals surface area contributed by atoms with E-state index >= 15 is 0 Å². The molecule has 18 heteroatoms. The van der Waals surface area contributed by atoms with E-state index in [-0.39, 0.29) is 36.4 Å². The molecule has 0 radical (unpaired) electrons. The molecule has 0 amide bonds. The smallest absolute Gasteiger partial charge is 0.389 e. The molecule has 9 atom stereocenters. The molecule has 34 heavy (non-hydrogen) atoms. The maximum absolute atomic E-state index is 12.2. The lowest BCUT2D eigenvalue weighted by atomic mass is 10.1. The van der Waals surface area contributed by atoms with Gasteiger partial charge in [0.2, 0.25) is 12.0 Å². The van der Waals surface area contributed by atoms with Crippen LogP contribution in [0, 0.1) is 5.92 Å². The number of hydrogen-bond donors (Lipinski definition) is 6. The molecule has 188 valence electrons. The number of nitrogens with zero attached hydrogens (tertiary/aromatic N) is 4. The molecule has 1 saturated carbocycles. The molecule has 1 aliphatic carbocycles. The van der Waals surface area contributed by atoms with Gasteiger partial charge in [-0.3, -0.25) is 13.6 Å². The van der Waals surface area contributed by atoms with Crippen molar-refractivity contribution >= 4 is 32.6 Å². The van der Waals surface area contributed by atoms with Crippen LogP contribution in [-0.2, 0) is 27.2 Å². The summed E-state index contributed by atoms with van der Waals surface area (Å²) < 4.78 is 46.7.